The van der Waals surface area contributed by atoms with Crippen molar-refractivity contribution in [3.63, 3.8) is 0 Å². The quantitative estimate of drug-likeness (QED) is 0.664. The molecule has 1 aliphatic rings. The molecule has 0 unspecified atom stereocenters. The number of rotatable bonds is 3. The predicted molar refractivity (Wildman–Crippen MR) is 114 cm³/mol. The summed E-state index contributed by atoms with van der Waals surface area (Å²) in [5, 5.41) is 15.9. The van der Waals surface area contributed by atoms with E-state index in [4.69, 9.17) is 9.47 Å². The summed E-state index contributed by atoms with van der Waals surface area (Å²) in [5.74, 6) is 1.85. The SMILES string of the molecule is COc1ccc(-c2c(C)cc(OC)c3c(O)cccc23)c2c1[C@@H](C)N[C@H](C)C2. The molecule has 0 radical (unpaired) electrons. The number of aromatic hydroxyl groups is 1. The van der Waals surface area contributed by atoms with Gasteiger partial charge in [0.25, 0.3) is 0 Å². The highest BCUT2D eigenvalue weighted by Gasteiger charge is 2.28. The Bertz CT molecular complexity index is 1060. The molecule has 0 saturated heterocycles. The van der Waals surface area contributed by atoms with Crippen LogP contribution >= 0.6 is 0 Å². The topological polar surface area (TPSA) is 50.7 Å². The van der Waals surface area contributed by atoms with Gasteiger partial charge in [-0.1, -0.05) is 18.2 Å². The van der Waals surface area contributed by atoms with Gasteiger partial charge in [0.15, 0.2) is 0 Å². The number of fused-ring (bicyclic) bond motifs is 2. The molecular formula is C24H27NO3. The summed E-state index contributed by atoms with van der Waals surface area (Å²) >= 11 is 0. The Morgan fingerprint density at radius 1 is 1.04 bits per heavy atom. The third-order valence-corrected chi connectivity index (χ3v) is 5.80. The third-order valence-electron chi connectivity index (χ3n) is 5.80. The van der Waals surface area contributed by atoms with E-state index in [9.17, 15) is 5.11 Å². The number of aryl methyl sites for hydroxylation is 1. The number of hydrogen-bond donors (Lipinski definition) is 2. The fourth-order valence-corrected chi connectivity index (χ4v) is 4.70. The van der Waals surface area contributed by atoms with Crippen molar-refractivity contribution in [1.29, 1.82) is 0 Å². The summed E-state index contributed by atoms with van der Waals surface area (Å²) in [6.07, 6.45) is 0.929. The first-order valence-electron chi connectivity index (χ1n) is 9.71. The lowest BCUT2D eigenvalue weighted by atomic mass is 9.82. The molecule has 28 heavy (non-hydrogen) atoms. The monoisotopic (exact) mass is 377 g/mol. The smallest absolute Gasteiger partial charge is 0.130 e. The molecule has 2 atom stereocenters. The van der Waals surface area contributed by atoms with Gasteiger partial charge in [-0.25, -0.2) is 0 Å². The summed E-state index contributed by atoms with van der Waals surface area (Å²) < 4.78 is 11.3. The second-order valence-corrected chi connectivity index (χ2v) is 7.67. The molecule has 4 heteroatoms. The van der Waals surface area contributed by atoms with Gasteiger partial charge >= 0.3 is 0 Å². The van der Waals surface area contributed by atoms with Crippen molar-refractivity contribution >= 4 is 10.8 Å². The number of hydrogen-bond acceptors (Lipinski definition) is 4. The van der Waals surface area contributed by atoms with Crippen LogP contribution in [0, 0.1) is 6.92 Å². The zero-order valence-corrected chi connectivity index (χ0v) is 17.1. The molecule has 146 valence electrons. The zero-order chi connectivity index (χ0) is 20.0. The Morgan fingerprint density at radius 2 is 1.79 bits per heavy atom. The van der Waals surface area contributed by atoms with Crippen LogP contribution in [0.4, 0.5) is 0 Å². The second kappa shape index (κ2) is 7.02. The van der Waals surface area contributed by atoms with Gasteiger partial charge in [-0.05, 0) is 73.0 Å². The maximum atomic E-state index is 10.5. The molecule has 3 aromatic carbocycles. The maximum absolute atomic E-state index is 10.5. The van der Waals surface area contributed by atoms with Crippen molar-refractivity contribution in [2.45, 2.75) is 39.3 Å². The molecule has 0 bridgehead atoms. The van der Waals surface area contributed by atoms with E-state index in [-0.39, 0.29) is 11.8 Å². The molecule has 0 saturated carbocycles. The van der Waals surface area contributed by atoms with Crippen molar-refractivity contribution < 1.29 is 14.6 Å². The van der Waals surface area contributed by atoms with Gasteiger partial charge in [-0.15, -0.1) is 0 Å². The number of benzene rings is 3. The Morgan fingerprint density at radius 3 is 2.50 bits per heavy atom. The van der Waals surface area contributed by atoms with Gasteiger partial charge in [0.1, 0.15) is 17.2 Å². The number of ether oxygens (including phenoxy) is 2. The normalized spacial score (nSPS) is 18.8. The van der Waals surface area contributed by atoms with Crippen LogP contribution in [-0.2, 0) is 6.42 Å². The van der Waals surface area contributed by atoms with Gasteiger partial charge in [0.05, 0.1) is 19.6 Å². The number of phenols is 1. The first-order valence-corrected chi connectivity index (χ1v) is 9.71. The first-order chi connectivity index (χ1) is 13.5. The fourth-order valence-electron chi connectivity index (χ4n) is 4.70. The largest absolute Gasteiger partial charge is 0.507 e. The van der Waals surface area contributed by atoms with Gasteiger partial charge in [0, 0.05) is 17.6 Å². The maximum Gasteiger partial charge on any atom is 0.130 e. The summed E-state index contributed by atoms with van der Waals surface area (Å²) in [4.78, 5) is 0. The molecule has 4 rings (SSSR count). The summed E-state index contributed by atoms with van der Waals surface area (Å²) in [6, 6.07) is 12.5. The highest BCUT2D eigenvalue weighted by atomic mass is 16.5. The molecule has 0 spiro atoms. The number of phenolic OH excluding ortho intramolecular Hbond substituents is 1. The van der Waals surface area contributed by atoms with Crippen LogP contribution in [0.3, 0.4) is 0 Å². The molecule has 2 N–H and O–H groups in total. The van der Waals surface area contributed by atoms with E-state index in [0.717, 1.165) is 34.1 Å². The van der Waals surface area contributed by atoms with Crippen LogP contribution < -0.4 is 14.8 Å². The third kappa shape index (κ3) is 2.80. The van der Waals surface area contributed by atoms with E-state index in [0.29, 0.717) is 11.8 Å². The lowest BCUT2D eigenvalue weighted by Crippen LogP contribution is -2.36. The first kappa shape index (κ1) is 18.6. The molecule has 0 aliphatic carbocycles. The molecule has 3 aromatic rings. The summed E-state index contributed by atoms with van der Waals surface area (Å²) in [7, 11) is 3.37. The second-order valence-electron chi connectivity index (χ2n) is 7.67. The van der Waals surface area contributed by atoms with Gasteiger partial charge < -0.3 is 19.9 Å². The Labute approximate surface area is 166 Å². The fraction of sp³-hybridized carbons (Fsp3) is 0.333. The van der Waals surface area contributed by atoms with Crippen molar-refractivity contribution in [2.24, 2.45) is 0 Å². The van der Waals surface area contributed by atoms with Crippen molar-refractivity contribution in [3.8, 4) is 28.4 Å². The van der Waals surface area contributed by atoms with Gasteiger partial charge in [-0.3, -0.25) is 0 Å². The van der Waals surface area contributed by atoms with Crippen LogP contribution in [-0.4, -0.2) is 25.4 Å². The lowest BCUT2D eigenvalue weighted by molar-refractivity contribution is 0.382. The molecular weight excluding hydrogens is 350 g/mol. The van der Waals surface area contributed by atoms with Crippen molar-refractivity contribution in [1.82, 2.24) is 5.32 Å². The number of nitrogens with one attached hydrogen (secondary N) is 1. The minimum atomic E-state index is 0.215. The van der Waals surface area contributed by atoms with E-state index in [1.54, 1.807) is 20.3 Å². The van der Waals surface area contributed by atoms with Crippen molar-refractivity contribution in [3.05, 3.63) is 53.1 Å². The zero-order valence-electron chi connectivity index (χ0n) is 17.1. The molecule has 0 amide bonds. The molecule has 1 heterocycles. The summed E-state index contributed by atoms with van der Waals surface area (Å²) in [6.45, 7) is 6.50. The van der Waals surface area contributed by atoms with Gasteiger partial charge in [-0.2, -0.15) is 0 Å². The van der Waals surface area contributed by atoms with E-state index >= 15 is 0 Å². The van der Waals surface area contributed by atoms with Crippen LogP contribution in [0.1, 0.15) is 36.6 Å². The standard InChI is InChI=1S/C24H27NO3/c1-13-11-21(28-5)24-17(7-6-8-19(24)26)22(13)16-9-10-20(27-4)23-15(3)25-14(2)12-18(16)23/h6-11,14-15,25-26H,12H2,1-5H3/t14-,15-/m1/s1. The molecule has 4 nitrogen and oxygen atoms in total. The Hall–Kier alpha value is -2.72. The highest BCUT2D eigenvalue weighted by Crippen LogP contribution is 2.45. The Balaban J connectivity index is 2.09. The predicted octanol–water partition coefficient (Wildman–Crippen LogP) is 5.13. The van der Waals surface area contributed by atoms with Crippen LogP contribution in [0.2, 0.25) is 0 Å². The number of methoxy groups -OCH3 is 2. The van der Waals surface area contributed by atoms with Gasteiger partial charge in [0.2, 0.25) is 0 Å². The molecule has 1 aliphatic heterocycles. The minimum Gasteiger partial charge on any atom is -0.507 e. The van der Waals surface area contributed by atoms with E-state index in [1.165, 1.54) is 16.7 Å². The molecule has 0 aromatic heterocycles. The summed E-state index contributed by atoms with van der Waals surface area (Å²) in [5.41, 5.74) is 6.01. The van der Waals surface area contributed by atoms with Crippen LogP contribution in [0.5, 0.6) is 17.2 Å². The van der Waals surface area contributed by atoms with Crippen LogP contribution in [0.25, 0.3) is 21.9 Å². The van der Waals surface area contributed by atoms with E-state index < -0.39 is 0 Å². The van der Waals surface area contributed by atoms with E-state index in [2.05, 4.69) is 44.3 Å². The minimum absolute atomic E-state index is 0.215. The Kier molecular flexibility index (Phi) is 4.68. The average molecular weight is 377 g/mol. The van der Waals surface area contributed by atoms with E-state index in [1.807, 2.05) is 12.1 Å². The highest BCUT2D eigenvalue weighted by molar-refractivity contribution is 6.05. The van der Waals surface area contributed by atoms with Crippen molar-refractivity contribution in [2.75, 3.05) is 14.2 Å². The molecule has 0 fully saturated rings. The van der Waals surface area contributed by atoms with Crippen LogP contribution in [0.15, 0.2) is 36.4 Å². The average Bonchev–Trinajstić information content (AvgIpc) is 2.67. The lowest BCUT2D eigenvalue weighted by Gasteiger charge is -2.32.